The lowest BCUT2D eigenvalue weighted by atomic mass is 9.84. The van der Waals surface area contributed by atoms with Crippen molar-refractivity contribution in [2.24, 2.45) is 0 Å². The average molecular weight is 479 g/mol. The first kappa shape index (κ1) is 24.4. The van der Waals surface area contributed by atoms with E-state index in [4.69, 9.17) is 4.74 Å². The molecule has 4 rings (SSSR count). The van der Waals surface area contributed by atoms with Crippen LogP contribution in [0.2, 0.25) is 0 Å². The summed E-state index contributed by atoms with van der Waals surface area (Å²) >= 11 is 0. The molecule has 7 nitrogen and oxygen atoms in total. The number of rotatable bonds is 11. The fourth-order valence-corrected chi connectivity index (χ4v) is 4.67. The summed E-state index contributed by atoms with van der Waals surface area (Å²) in [5, 5.41) is 6.19. The summed E-state index contributed by atoms with van der Waals surface area (Å²) < 4.78 is 21.7. The van der Waals surface area contributed by atoms with E-state index >= 15 is 0 Å². The van der Waals surface area contributed by atoms with Gasteiger partial charge in [0.05, 0.1) is 19.5 Å². The summed E-state index contributed by atoms with van der Waals surface area (Å²) in [5.41, 5.74) is 0.879. The minimum absolute atomic E-state index is 0.0678. The van der Waals surface area contributed by atoms with Gasteiger partial charge in [0.1, 0.15) is 11.6 Å². The highest BCUT2D eigenvalue weighted by Crippen LogP contribution is 2.31. The van der Waals surface area contributed by atoms with Crippen LogP contribution in [0.25, 0.3) is 0 Å². The van der Waals surface area contributed by atoms with Gasteiger partial charge < -0.3 is 19.9 Å². The zero-order chi connectivity index (χ0) is 24.7. The standard InChI is InChI=1S/C27H31FN4O3/c1-35-22-8-7-21(23(28)17-22)18-27(13-10-26(34)31-27)12-9-25(33)30-24(20-5-3-2-4-6-20)11-15-32-16-14-29-19-32/h2-8,14,16-17,19,24H,9-13,15,18H2,1H3,(H,30,33)(H,31,34)/t24-,27-/m0/s1. The van der Waals surface area contributed by atoms with Crippen LogP contribution in [-0.4, -0.2) is 34.0 Å². The number of amides is 2. The lowest BCUT2D eigenvalue weighted by molar-refractivity contribution is -0.123. The van der Waals surface area contributed by atoms with Crippen molar-refractivity contribution in [2.45, 2.75) is 56.7 Å². The van der Waals surface area contributed by atoms with E-state index in [-0.39, 0.29) is 30.1 Å². The molecule has 3 aromatic rings. The molecule has 2 N–H and O–H groups in total. The van der Waals surface area contributed by atoms with E-state index in [1.165, 1.54) is 13.2 Å². The largest absolute Gasteiger partial charge is 0.497 e. The van der Waals surface area contributed by atoms with Crippen molar-refractivity contribution in [1.29, 1.82) is 0 Å². The van der Waals surface area contributed by atoms with Crippen molar-refractivity contribution in [3.63, 3.8) is 0 Å². The number of hydrogen-bond acceptors (Lipinski definition) is 4. The molecule has 2 heterocycles. The van der Waals surface area contributed by atoms with Crippen LogP contribution in [0.4, 0.5) is 4.39 Å². The van der Waals surface area contributed by atoms with Gasteiger partial charge in [-0.05, 0) is 42.9 Å². The SMILES string of the molecule is COc1ccc(C[C@]2(CCC(=O)N[C@@H](CCn3ccnc3)c3ccccc3)CCC(=O)N2)c(F)c1. The minimum Gasteiger partial charge on any atom is -0.497 e. The van der Waals surface area contributed by atoms with Crippen LogP contribution in [0, 0.1) is 5.82 Å². The van der Waals surface area contributed by atoms with Gasteiger partial charge in [0.15, 0.2) is 0 Å². The van der Waals surface area contributed by atoms with Crippen LogP contribution < -0.4 is 15.4 Å². The zero-order valence-electron chi connectivity index (χ0n) is 19.9. The molecule has 1 saturated heterocycles. The van der Waals surface area contributed by atoms with Gasteiger partial charge in [-0.3, -0.25) is 9.59 Å². The lowest BCUT2D eigenvalue weighted by Crippen LogP contribution is -2.45. The maximum atomic E-state index is 14.6. The molecule has 35 heavy (non-hydrogen) atoms. The van der Waals surface area contributed by atoms with Crippen molar-refractivity contribution < 1.29 is 18.7 Å². The summed E-state index contributed by atoms with van der Waals surface area (Å²) in [5.74, 6) is -0.0993. The summed E-state index contributed by atoms with van der Waals surface area (Å²) in [4.78, 5) is 29.2. The number of aromatic nitrogens is 2. The number of carbonyl (C=O) groups excluding carboxylic acids is 2. The Morgan fingerprint density at radius 3 is 2.77 bits per heavy atom. The fraction of sp³-hybridized carbons (Fsp3) is 0.370. The van der Waals surface area contributed by atoms with Crippen LogP contribution >= 0.6 is 0 Å². The number of imidazole rings is 1. The van der Waals surface area contributed by atoms with Gasteiger partial charge in [-0.25, -0.2) is 9.37 Å². The van der Waals surface area contributed by atoms with Crippen LogP contribution in [0.5, 0.6) is 5.75 Å². The van der Waals surface area contributed by atoms with E-state index in [1.807, 2.05) is 41.1 Å². The normalized spacial score (nSPS) is 18.2. The second-order valence-corrected chi connectivity index (χ2v) is 9.08. The van der Waals surface area contributed by atoms with E-state index in [1.54, 1.807) is 24.7 Å². The van der Waals surface area contributed by atoms with Crippen molar-refractivity contribution in [3.05, 3.63) is 84.2 Å². The number of aryl methyl sites for hydroxylation is 1. The molecule has 0 spiro atoms. The van der Waals surface area contributed by atoms with Crippen molar-refractivity contribution in [2.75, 3.05) is 7.11 Å². The summed E-state index contributed by atoms with van der Waals surface area (Å²) in [7, 11) is 1.49. The number of nitrogens with zero attached hydrogens (tertiary/aromatic N) is 2. The van der Waals surface area contributed by atoms with Crippen LogP contribution in [0.1, 0.15) is 49.3 Å². The third-order valence-corrected chi connectivity index (χ3v) is 6.63. The summed E-state index contributed by atoms with van der Waals surface area (Å²) in [6, 6.07) is 14.5. The van der Waals surface area contributed by atoms with E-state index in [9.17, 15) is 14.0 Å². The Morgan fingerprint density at radius 2 is 2.11 bits per heavy atom. The Labute approximate surface area is 204 Å². The van der Waals surface area contributed by atoms with Gasteiger partial charge in [0.25, 0.3) is 0 Å². The van der Waals surface area contributed by atoms with Crippen LogP contribution in [0.3, 0.4) is 0 Å². The summed E-state index contributed by atoms with van der Waals surface area (Å²) in [6.07, 6.45) is 8.02. The minimum atomic E-state index is -0.650. The molecule has 1 fully saturated rings. The van der Waals surface area contributed by atoms with Gasteiger partial charge in [0.2, 0.25) is 11.8 Å². The molecule has 0 bridgehead atoms. The molecule has 1 aliphatic rings. The number of benzene rings is 2. The molecule has 8 heteroatoms. The second-order valence-electron chi connectivity index (χ2n) is 9.08. The molecule has 1 aliphatic heterocycles. The molecule has 184 valence electrons. The second kappa shape index (κ2) is 11.2. The first-order valence-corrected chi connectivity index (χ1v) is 11.9. The van der Waals surface area contributed by atoms with Gasteiger partial charge in [0, 0.05) is 43.4 Å². The molecule has 2 amide bonds. The van der Waals surface area contributed by atoms with E-state index in [0.717, 1.165) is 12.1 Å². The lowest BCUT2D eigenvalue weighted by Gasteiger charge is -2.30. The summed E-state index contributed by atoms with van der Waals surface area (Å²) in [6.45, 7) is 0.719. The fourth-order valence-electron chi connectivity index (χ4n) is 4.67. The molecule has 0 saturated carbocycles. The zero-order valence-corrected chi connectivity index (χ0v) is 19.9. The molecule has 0 radical (unpaired) electrons. The van der Waals surface area contributed by atoms with E-state index in [0.29, 0.717) is 43.4 Å². The van der Waals surface area contributed by atoms with Crippen molar-refractivity contribution >= 4 is 11.8 Å². The molecule has 0 unspecified atom stereocenters. The van der Waals surface area contributed by atoms with Gasteiger partial charge >= 0.3 is 0 Å². The third kappa shape index (κ3) is 6.47. The van der Waals surface area contributed by atoms with Crippen LogP contribution in [0.15, 0.2) is 67.3 Å². The highest BCUT2D eigenvalue weighted by atomic mass is 19.1. The predicted molar refractivity (Wildman–Crippen MR) is 130 cm³/mol. The Kier molecular flexibility index (Phi) is 7.80. The number of carbonyl (C=O) groups is 2. The Balaban J connectivity index is 1.42. The Hall–Kier alpha value is -3.68. The van der Waals surface area contributed by atoms with Crippen molar-refractivity contribution in [1.82, 2.24) is 20.2 Å². The quantitative estimate of drug-likeness (QED) is 0.437. The number of ether oxygens (including phenoxy) is 1. The predicted octanol–water partition coefficient (Wildman–Crippen LogP) is 3.95. The smallest absolute Gasteiger partial charge is 0.220 e. The molecule has 0 aliphatic carbocycles. The van der Waals surface area contributed by atoms with E-state index in [2.05, 4.69) is 15.6 Å². The highest BCUT2D eigenvalue weighted by Gasteiger charge is 2.38. The molecular formula is C27H31FN4O3. The number of halogens is 1. The highest BCUT2D eigenvalue weighted by molar-refractivity contribution is 5.80. The first-order chi connectivity index (χ1) is 17.0. The van der Waals surface area contributed by atoms with Crippen LogP contribution in [-0.2, 0) is 22.6 Å². The maximum absolute atomic E-state index is 14.6. The average Bonchev–Trinajstić information content (AvgIpc) is 3.52. The Morgan fingerprint density at radius 1 is 1.29 bits per heavy atom. The maximum Gasteiger partial charge on any atom is 0.220 e. The van der Waals surface area contributed by atoms with Gasteiger partial charge in [-0.2, -0.15) is 0 Å². The topological polar surface area (TPSA) is 85.2 Å². The Bertz CT molecular complexity index is 1140. The van der Waals surface area contributed by atoms with E-state index < -0.39 is 5.54 Å². The van der Waals surface area contributed by atoms with Crippen molar-refractivity contribution in [3.8, 4) is 5.75 Å². The monoisotopic (exact) mass is 478 g/mol. The van der Waals surface area contributed by atoms with Gasteiger partial charge in [-0.15, -0.1) is 0 Å². The first-order valence-electron chi connectivity index (χ1n) is 11.9. The molecule has 2 aromatic carbocycles. The van der Waals surface area contributed by atoms with Gasteiger partial charge in [-0.1, -0.05) is 36.4 Å². The molecule has 1 aromatic heterocycles. The number of nitrogens with one attached hydrogen (secondary N) is 2. The molecule has 2 atom stereocenters. The third-order valence-electron chi connectivity index (χ3n) is 6.63. The number of hydrogen-bond donors (Lipinski definition) is 2. The number of methoxy groups -OCH3 is 1. The molecular weight excluding hydrogens is 447 g/mol.